The summed E-state index contributed by atoms with van der Waals surface area (Å²) in [6.45, 7) is 3.68. The SMILES string of the molecule is CCCC(N)c1nc2c(s1)COCC2. The summed E-state index contributed by atoms with van der Waals surface area (Å²) in [6.07, 6.45) is 3.08. The smallest absolute Gasteiger partial charge is 0.110 e. The zero-order valence-corrected chi connectivity index (χ0v) is 9.27. The maximum absolute atomic E-state index is 6.02. The minimum absolute atomic E-state index is 0.121. The predicted octanol–water partition coefficient (Wildman–Crippen LogP) is 2.02. The molecule has 78 valence electrons. The maximum atomic E-state index is 6.02. The number of ether oxygens (including phenoxy) is 1. The molecule has 1 atom stereocenters. The van der Waals surface area contributed by atoms with Crippen molar-refractivity contribution < 1.29 is 4.74 Å². The molecule has 0 saturated carbocycles. The molecule has 0 fully saturated rings. The van der Waals surface area contributed by atoms with Gasteiger partial charge in [0, 0.05) is 6.42 Å². The van der Waals surface area contributed by atoms with Crippen molar-refractivity contribution in [1.29, 1.82) is 0 Å². The molecular weight excluding hydrogens is 196 g/mol. The van der Waals surface area contributed by atoms with Crippen molar-refractivity contribution in [2.24, 2.45) is 5.73 Å². The van der Waals surface area contributed by atoms with E-state index in [0.29, 0.717) is 0 Å². The van der Waals surface area contributed by atoms with Gasteiger partial charge >= 0.3 is 0 Å². The van der Waals surface area contributed by atoms with Crippen molar-refractivity contribution >= 4 is 11.3 Å². The fourth-order valence-electron chi connectivity index (χ4n) is 1.64. The lowest BCUT2D eigenvalue weighted by Crippen LogP contribution is -2.10. The number of rotatable bonds is 3. The second kappa shape index (κ2) is 4.38. The fraction of sp³-hybridized carbons (Fsp3) is 0.700. The van der Waals surface area contributed by atoms with Gasteiger partial charge in [-0.3, -0.25) is 0 Å². The van der Waals surface area contributed by atoms with Crippen LogP contribution < -0.4 is 5.73 Å². The van der Waals surface area contributed by atoms with E-state index in [4.69, 9.17) is 10.5 Å². The molecule has 0 spiro atoms. The van der Waals surface area contributed by atoms with Crippen molar-refractivity contribution in [3.05, 3.63) is 15.6 Å². The van der Waals surface area contributed by atoms with E-state index in [1.54, 1.807) is 11.3 Å². The standard InChI is InChI=1S/C10H16N2OS/c1-2-3-7(11)10-12-8-4-5-13-6-9(8)14-10/h7H,2-6,11H2,1H3. The number of hydrogen-bond acceptors (Lipinski definition) is 4. The topological polar surface area (TPSA) is 48.1 Å². The Morgan fingerprint density at radius 1 is 1.64 bits per heavy atom. The highest BCUT2D eigenvalue weighted by atomic mass is 32.1. The van der Waals surface area contributed by atoms with Crippen LogP contribution in [0.15, 0.2) is 0 Å². The Morgan fingerprint density at radius 3 is 3.21 bits per heavy atom. The molecule has 1 aliphatic rings. The Labute approximate surface area is 88.3 Å². The van der Waals surface area contributed by atoms with Gasteiger partial charge in [0.1, 0.15) is 5.01 Å². The molecule has 1 aromatic heterocycles. The molecule has 2 heterocycles. The predicted molar refractivity (Wildman–Crippen MR) is 57.3 cm³/mol. The van der Waals surface area contributed by atoms with Gasteiger partial charge in [-0.25, -0.2) is 4.98 Å². The monoisotopic (exact) mass is 212 g/mol. The van der Waals surface area contributed by atoms with Crippen LogP contribution in [0.2, 0.25) is 0 Å². The molecule has 2 N–H and O–H groups in total. The highest BCUT2D eigenvalue weighted by Gasteiger charge is 2.18. The first-order valence-corrected chi connectivity index (χ1v) is 5.94. The molecule has 0 amide bonds. The third-order valence-electron chi connectivity index (χ3n) is 2.43. The van der Waals surface area contributed by atoms with Crippen molar-refractivity contribution in [2.45, 2.75) is 38.8 Å². The second-order valence-corrected chi connectivity index (χ2v) is 4.73. The van der Waals surface area contributed by atoms with Gasteiger partial charge in [-0.15, -0.1) is 11.3 Å². The van der Waals surface area contributed by atoms with Crippen molar-refractivity contribution in [3.63, 3.8) is 0 Å². The van der Waals surface area contributed by atoms with E-state index in [2.05, 4.69) is 11.9 Å². The van der Waals surface area contributed by atoms with E-state index in [-0.39, 0.29) is 6.04 Å². The Balaban J connectivity index is 2.15. The summed E-state index contributed by atoms with van der Waals surface area (Å²) in [5.41, 5.74) is 7.24. The minimum atomic E-state index is 0.121. The van der Waals surface area contributed by atoms with Crippen LogP contribution in [0.5, 0.6) is 0 Å². The molecule has 0 radical (unpaired) electrons. The van der Waals surface area contributed by atoms with Gasteiger partial charge in [0.15, 0.2) is 0 Å². The Hall–Kier alpha value is -0.450. The molecule has 0 aliphatic carbocycles. The summed E-state index contributed by atoms with van der Waals surface area (Å²) >= 11 is 1.72. The normalized spacial score (nSPS) is 17.9. The average Bonchev–Trinajstić information content (AvgIpc) is 2.61. The summed E-state index contributed by atoms with van der Waals surface area (Å²) in [7, 11) is 0. The largest absolute Gasteiger partial charge is 0.375 e. The lowest BCUT2D eigenvalue weighted by atomic mass is 10.2. The van der Waals surface area contributed by atoms with Gasteiger partial charge in [-0.1, -0.05) is 13.3 Å². The molecule has 0 aromatic carbocycles. The molecule has 0 saturated heterocycles. The summed E-state index contributed by atoms with van der Waals surface area (Å²) in [4.78, 5) is 5.86. The van der Waals surface area contributed by atoms with E-state index in [1.807, 2.05) is 0 Å². The van der Waals surface area contributed by atoms with E-state index in [0.717, 1.165) is 37.5 Å². The summed E-state index contributed by atoms with van der Waals surface area (Å²) in [5, 5.41) is 1.09. The number of nitrogens with two attached hydrogens (primary N) is 1. The first-order chi connectivity index (χ1) is 6.81. The number of aromatic nitrogens is 1. The van der Waals surface area contributed by atoms with E-state index in [9.17, 15) is 0 Å². The zero-order chi connectivity index (χ0) is 9.97. The molecule has 1 unspecified atom stereocenters. The van der Waals surface area contributed by atoms with Crippen LogP contribution in [0.4, 0.5) is 0 Å². The van der Waals surface area contributed by atoms with Crippen LogP contribution in [0.1, 0.15) is 41.4 Å². The van der Waals surface area contributed by atoms with Crippen LogP contribution in [0.3, 0.4) is 0 Å². The Morgan fingerprint density at radius 2 is 2.50 bits per heavy atom. The Bertz CT molecular complexity index is 288. The Kier molecular flexibility index (Phi) is 3.15. The van der Waals surface area contributed by atoms with E-state index >= 15 is 0 Å². The van der Waals surface area contributed by atoms with Crippen molar-refractivity contribution in [1.82, 2.24) is 4.98 Å². The minimum Gasteiger partial charge on any atom is -0.375 e. The van der Waals surface area contributed by atoms with Crippen molar-refractivity contribution in [2.75, 3.05) is 6.61 Å². The number of nitrogens with zero attached hydrogens (tertiary/aromatic N) is 1. The van der Waals surface area contributed by atoms with Crippen LogP contribution >= 0.6 is 11.3 Å². The molecule has 3 nitrogen and oxygen atoms in total. The lowest BCUT2D eigenvalue weighted by molar-refractivity contribution is 0.112. The van der Waals surface area contributed by atoms with E-state index in [1.165, 1.54) is 10.6 Å². The van der Waals surface area contributed by atoms with Crippen LogP contribution in [0.25, 0.3) is 0 Å². The van der Waals surface area contributed by atoms with E-state index < -0.39 is 0 Å². The van der Waals surface area contributed by atoms with Gasteiger partial charge in [-0.05, 0) is 6.42 Å². The first kappa shape index (κ1) is 10.1. The molecule has 2 rings (SSSR count). The average molecular weight is 212 g/mol. The van der Waals surface area contributed by atoms with Gasteiger partial charge in [0.05, 0.1) is 29.8 Å². The van der Waals surface area contributed by atoms with Gasteiger partial charge in [-0.2, -0.15) is 0 Å². The summed E-state index contributed by atoms with van der Waals surface area (Å²) in [5.74, 6) is 0. The molecular formula is C10H16N2OS. The fourth-order valence-corrected chi connectivity index (χ4v) is 2.72. The number of hydrogen-bond donors (Lipinski definition) is 1. The van der Waals surface area contributed by atoms with Crippen LogP contribution in [-0.2, 0) is 17.8 Å². The third kappa shape index (κ3) is 1.97. The molecule has 4 heteroatoms. The van der Waals surface area contributed by atoms with Crippen LogP contribution in [-0.4, -0.2) is 11.6 Å². The first-order valence-electron chi connectivity index (χ1n) is 5.13. The molecule has 14 heavy (non-hydrogen) atoms. The van der Waals surface area contributed by atoms with Gasteiger partial charge in [0.25, 0.3) is 0 Å². The van der Waals surface area contributed by atoms with Gasteiger partial charge in [0.2, 0.25) is 0 Å². The second-order valence-electron chi connectivity index (χ2n) is 3.62. The van der Waals surface area contributed by atoms with Crippen molar-refractivity contribution in [3.8, 4) is 0 Å². The number of fused-ring (bicyclic) bond motifs is 1. The van der Waals surface area contributed by atoms with Crippen LogP contribution in [0, 0.1) is 0 Å². The highest BCUT2D eigenvalue weighted by molar-refractivity contribution is 7.11. The number of thiazole rings is 1. The molecule has 1 aromatic rings. The quantitative estimate of drug-likeness (QED) is 0.833. The molecule has 0 bridgehead atoms. The van der Waals surface area contributed by atoms with Gasteiger partial charge < -0.3 is 10.5 Å². The molecule has 1 aliphatic heterocycles. The highest BCUT2D eigenvalue weighted by Crippen LogP contribution is 2.28. The maximum Gasteiger partial charge on any atom is 0.110 e. The lowest BCUT2D eigenvalue weighted by Gasteiger charge is -2.08. The summed E-state index contributed by atoms with van der Waals surface area (Å²) < 4.78 is 5.38. The summed E-state index contributed by atoms with van der Waals surface area (Å²) in [6, 6.07) is 0.121. The third-order valence-corrected chi connectivity index (χ3v) is 3.63. The zero-order valence-electron chi connectivity index (χ0n) is 8.45.